The second-order valence-electron chi connectivity index (χ2n) is 4.59. The van der Waals surface area contributed by atoms with Gasteiger partial charge in [-0.25, -0.2) is 13.1 Å². The molecule has 0 radical (unpaired) electrons. The van der Waals surface area contributed by atoms with Gasteiger partial charge in [0, 0.05) is 11.2 Å². The van der Waals surface area contributed by atoms with Crippen LogP contribution in [0.15, 0.2) is 29.2 Å². The van der Waals surface area contributed by atoms with Gasteiger partial charge in [-0.1, -0.05) is 0 Å². The van der Waals surface area contributed by atoms with Gasteiger partial charge in [-0.3, -0.25) is 0 Å². The monoisotopic (exact) mass is 240 g/mol. The molecule has 16 heavy (non-hydrogen) atoms. The van der Waals surface area contributed by atoms with Crippen molar-refractivity contribution in [1.29, 1.82) is 0 Å². The van der Waals surface area contributed by atoms with Crippen LogP contribution in [0, 0.1) is 0 Å². The average Bonchev–Trinajstić information content (AvgIpc) is 2.15. The van der Waals surface area contributed by atoms with E-state index in [4.69, 9.17) is 5.73 Å². The quantitative estimate of drug-likeness (QED) is 0.786. The highest BCUT2D eigenvalue weighted by Gasteiger charge is 2.36. The topological polar surface area (TPSA) is 72.2 Å². The molecule has 4 nitrogen and oxygen atoms in total. The Kier molecular flexibility index (Phi) is 2.67. The minimum absolute atomic E-state index is 0.264. The van der Waals surface area contributed by atoms with E-state index >= 15 is 0 Å². The Labute approximate surface area is 95.9 Å². The van der Waals surface area contributed by atoms with Crippen molar-refractivity contribution >= 4 is 15.7 Å². The van der Waals surface area contributed by atoms with Gasteiger partial charge in [-0.15, -0.1) is 0 Å². The summed E-state index contributed by atoms with van der Waals surface area (Å²) in [5.41, 5.74) is 5.82. The minimum Gasteiger partial charge on any atom is -0.399 e. The molecule has 0 amide bonds. The Bertz CT molecular complexity index is 475. The summed E-state index contributed by atoms with van der Waals surface area (Å²) in [5.74, 6) is 0. The molecule has 1 aliphatic rings. The lowest BCUT2D eigenvalue weighted by atomic mass is 9.80. The number of rotatable bonds is 3. The molecule has 0 unspecified atom stereocenters. The number of nitrogen functional groups attached to an aromatic ring is 1. The van der Waals surface area contributed by atoms with Gasteiger partial charge in [0.2, 0.25) is 10.0 Å². The fraction of sp³-hybridized carbons (Fsp3) is 0.455. The van der Waals surface area contributed by atoms with E-state index in [1.807, 2.05) is 6.92 Å². The highest BCUT2D eigenvalue weighted by atomic mass is 32.2. The molecule has 2 rings (SSSR count). The van der Waals surface area contributed by atoms with Crippen molar-refractivity contribution in [3.8, 4) is 0 Å². The molecular formula is C11H16N2O2S. The standard InChI is InChI=1S/C11H16N2O2S/c1-11(7-2-8-11)13-16(14,15)10-5-3-9(12)4-6-10/h3-6,13H,2,7-8,12H2,1H3. The molecule has 0 atom stereocenters. The summed E-state index contributed by atoms with van der Waals surface area (Å²) in [6.07, 6.45) is 2.89. The SMILES string of the molecule is CC1(NS(=O)(=O)c2ccc(N)cc2)CCC1. The molecule has 1 aromatic rings. The van der Waals surface area contributed by atoms with Gasteiger partial charge in [0.05, 0.1) is 4.90 Å². The summed E-state index contributed by atoms with van der Waals surface area (Å²) in [4.78, 5) is 0.273. The summed E-state index contributed by atoms with van der Waals surface area (Å²) in [7, 11) is -3.40. The van der Waals surface area contributed by atoms with E-state index in [-0.39, 0.29) is 10.4 Å². The first-order valence-corrected chi connectivity index (χ1v) is 6.79. The molecule has 0 spiro atoms. The molecule has 0 bridgehead atoms. The number of hydrogen-bond donors (Lipinski definition) is 2. The zero-order chi connectivity index (χ0) is 11.8. The summed E-state index contributed by atoms with van der Waals surface area (Å²) in [5, 5.41) is 0. The normalized spacial score (nSPS) is 19.1. The average molecular weight is 240 g/mol. The highest BCUT2D eigenvalue weighted by Crippen LogP contribution is 2.32. The van der Waals surface area contributed by atoms with Crippen LogP contribution in [0.1, 0.15) is 26.2 Å². The third-order valence-electron chi connectivity index (χ3n) is 3.03. The lowest BCUT2D eigenvalue weighted by Crippen LogP contribution is -2.50. The van der Waals surface area contributed by atoms with E-state index in [9.17, 15) is 8.42 Å². The molecule has 3 N–H and O–H groups in total. The van der Waals surface area contributed by atoms with Crippen LogP contribution in [0.25, 0.3) is 0 Å². The van der Waals surface area contributed by atoms with Crippen molar-refractivity contribution in [2.45, 2.75) is 36.6 Å². The third kappa shape index (κ3) is 2.20. The van der Waals surface area contributed by atoms with E-state index in [2.05, 4.69) is 4.72 Å². The van der Waals surface area contributed by atoms with E-state index in [1.165, 1.54) is 12.1 Å². The van der Waals surface area contributed by atoms with Crippen molar-refractivity contribution < 1.29 is 8.42 Å². The smallest absolute Gasteiger partial charge is 0.241 e. The molecule has 1 saturated carbocycles. The predicted octanol–water partition coefficient (Wildman–Crippen LogP) is 1.49. The molecule has 0 aromatic heterocycles. The molecule has 1 fully saturated rings. The number of benzene rings is 1. The van der Waals surface area contributed by atoms with Crippen molar-refractivity contribution in [3.63, 3.8) is 0 Å². The fourth-order valence-corrected chi connectivity index (χ4v) is 3.30. The zero-order valence-electron chi connectivity index (χ0n) is 9.23. The van der Waals surface area contributed by atoms with E-state index in [0.717, 1.165) is 19.3 Å². The maximum absolute atomic E-state index is 12.0. The highest BCUT2D eigenvalue weighted by molar-refractivity contribution is 7.89. The van der Waals surface area contributed by atoms with Gasteiger partial charge in [0.1, 0.15) is 0 Å². The van der Waals surface area contributed by atoms with E-state index in [0.29, 0.717) is 5.69 Å². The van der Waals surface area contributed by atoms with Crippen LogP contribution in [0.4, 0.5) is 5.69 Å². The first kappa shape index (κ1) is 11.4. The first-order chi connectivity index (χ1) is 7.41. The van der Waals surface area contributed by atoms with Crippen molar-refractivity contribution in [3.05, 3.63) is 24.3 Å². The van der Waals surface area contributed by atoms with Crippen LogP contribution in [0.2, 0.25) is 0 Å². The number of nitrogens with two attached hydrogens (primary N) is 1. The van der Waals surface area contributed by atoms with Gasteiger partial charge in [0.15, 0.2) is 0 Å². The molecular weight excluding hydrogens is 224 g/mol. The second kappa shape index (κ2) is 3.75. The summed E-state index contributed by atoms with van der Waals surface area (Å²) in [6.45, 7) is 1.94. The molecule has 1 aliphatic carbocycles. The Morgan fingerprint density at radius 1 is 1.25 bits per heavy atom. The Morgan fingerprint density at radius 2 is 1.81 bits per heavy atom. The maximum atomic E-state index is 12.0. The lowest BCUT2D eigenvalue weighted by molar-refractivity contribution is 0.248. The number of hydrogen-bond acceptors (Lipinski definition) is 3. The molecule has 1 aromatic carbocycles. The van der Waals surface area contributed by atoms with Crippen molar-refractivity contribution in [2.75, 3.05) is 5.73 Å². The fourth-order valence-electron chi connectivity index (χ4n) is 1.84. The number of nitrogens with one attached hydrogen (secondary N) is 1. The minimum atomic E-state index is -3.40. The summed E-state index contributed by atoms with van der Waals surface area (Å²) >= 11 is 0. The van der Waals surface area contributed by atoms with Crippen molar-refractivity contribution in [2.24, 2.45) is 0 Å². The van der Waals surface area contributed by atoms with Crippen LogP contribution in [0.3, 0.4) is 0 Å². The second-order valence-corrected chi connectivity index (χ2v) is 6.27. The largest absolute Gasteiger partial charge is 0.399 e. The number of sulfonamides is 1. The van der Waals surface area contributed by atoms with Crippen LogP contribution >= 0.6 is 0 Å². The summed E-state index contributed by atoms with van der Waals surface area (Å²) in [6, 6.07) is 6.24. The van der Waals surface area contributed by atoms with Crippen molar-refractivity contribution in [1.82, 2.24) is 4.72 Å². The van der Waals surface area contributed by atoms with Gasteiger partial charge < -0.3 is 5.73 Å². The number of anilines is 1. The Morgan fingerprint density at radius 3 is 2.25 bits per heavy atom. The van der Waals surface area contributed by atoms with Gasteiger partial charge in [0.25, 0.3) is 0 Å². The Balaban J connectivity index is 2.22. The maximum Gasteiger partial charge on any atom is 0.241 e. The van der Waals surface area contributed by atoms with E-state index < -0.39 is 10.0 Å². The van der Waals surface area contributed by atoms with Crippen LogP contribution in [-0.4, -0.2) is 14.0 Å². The molecule has 0 aliphatic heterocycles. The predicted molar refractivity (Wildman–Crippen MR) is 63.4 cm³/mol. The van der Waals surface area contributed by atoms with Crippen LogP contribution in [0.5, 0.6) is 0 Å². The Hall–Kier alpha value is -1.07. The lowest BCUT2D eigenvalue weighted by Gasteiger charge is -2.38. The van der Waals surface area contributed by atoms with Gasteiger partial charge in [-0.2, -0.15) is 0 Å². The molecule has 0 heterocycles. The van der Waals surface area contributed by atoms with Crippen LogP contribution in [-0.2, 0) is 10.0 Å². The molecule has 0 saturated heterocycles. The van der Waals surface area contributed by atoms with E-state index in [1.54, 1.807) is 12.1 Å². The van der Waals surface area contributed by atoms with Gasteiger partial charge in [-0.05, 0) is 50.5 Å². The van der Waals surface area contributed by atoms with Crippen LogP contribution < -0.4 is 10.5 Å². The molecule has 88 valence electrons. The van der Waals surface area contributed by atoms with Gasteiger partial charge >= 0.3 is 0 Å². The zero-order valence-corrected chi connectivity index (χ0v) is 10.0. The third-order valence-corrected chi connectivity index (χ3v) is 4.68. The summed E-state index contributed by atoms with van der Waals surface area (Å²) < 4.78 is 26.7. The molecule has 5 heteroatoms. The first-order valence-electron chi connectivity index (χ1n) is 5.31.